The number of pyridine rings is 1. The van der Waals surface area contributed by atoms with Crippen LogP contribution in [0, 0.1) is 6.92 Å². The number of nitrogens with zero attached hydrogens (tertiary/aromatic N) is 1. The molecular formula is C22H21BrN2O4. The molecule has 0 radical (unpaired) electrons. The number of hydrogen-bond donors (Lipinski definition) is 1. The van der Waals surface area contributed by atoms with E-state index >= 15 is 0 Å². The number of carbonyl (C=O) groups is 2. The first-order valence-electron chi connectivity index (χ1n) is 9.26. The normalized spacial score (nSPS) is 10.6. The number of para-hydroxylation sites is 1. The van der Waals surface area contributed by atoms with Crippen LogP contribution in [-0.4, -0.2) is 30.1 Å². The van der Waals surface area contributed by atoms with Gasteiger partial charge < -0.3 is 14.8 Å². The maximum atomic E-state index is 12.8. The second kappa shape index (κ2) is 9.05. The summed E-state index contributed by atoms with van der Waals surface area (Å²) in [7, 11) is 0. The first kappa shape index (κ1) is 20.8. The Labute approximate surface area is 177 Å². The molecule has 0 aliphatic rings. The zero-order chi connectivity index (χ0) is 21.0. The molecule has 0 spiro atoms. The molecule has 0 bridgehead atoms. The molecule has 1 heterocycles. The fraction of sp³-hybridized carbons (Fsp3) is 0.227. The number of fused-ring (bicyclic) bond motifs is 1. The Morgan fingerprint density at radius 1 is 1.03 bits per heavy atom. The lowest BCUT2D eigenvalue weighted by molar-refractivity contribution is 0.0475. The van der Waals surface area contributed by atoms with Gasteiger partial charge in [0.25, 0.3) is 0 Å². The summed E-state index contributed by atoms with van der Waals surface area (Å²) in [4.78, 5) is 29.9. The lowest BCUT2D eigenvalue weighted by Crippen LogP contribution is -2.18. The van der Waals surface area contributed by atoms with Crippen molar-refractivity contribution in [1.29, 1.82) is 0 Å². The van der Waals surface area contributed by atoms with Crippen molar-refractivity contribution in [3.8, 4) is 0 Å². The Kier molecular flexibility index (Phi) is 6.49. The smallest absolute Gasteiger partial charge is 0.357 e. The molecule has 6 nitrogen and oxygen atoms in total. The summed E-state index contributed by atoms with van der Waals surface area (Å²) in [6.07, 6.45) is 0. The molecule has 1 N–H and O–H groups in total. The number of nitrogens with one attached hydrogen (secondary N) is 1. The van der Waals surface area contributed by atoms with Crippen molar-refractivity contribution >= 4 is 50.1 Å². The molecule has 0 amide bonds. The molecule has 0 aliphatic carbocycles. The summed E-state index contributed by atoms with van der Waals surface area (Å²) < 4.78 is 11.2. The van der Waals surface area contributed by atoms with Crippen LogP contribution in [0.4, 0.5) is 11.4 Å². The highest BCUT2D eigenvalue weighted by Crippen LogP contribution is 2.35. The van der Waals surface area contributed by atoms with Crippen LogP contribution in [-0.2, 0) is 9.47 Å². The number of halogens is 1. The first-order valence-corrected chi connectivity index (χ1v) is 10.1. The van der Waals surface area contributed by atoms with Crippen molar-refractivity contribution < 1.29 is 19.1 Å². The summed E-state index contributed by atoms with van der Waals surface area (Å²) in [5.74, 6) is -1.31. The van der Waals surface area contributed by atoms with Crippen molar-refractivity contribution in [3.05, 3.63) is 63.8 Å². The molecular weight excluding hydrogens is 436 g/mol. The van der Waals surface area contributed by atoms with Gasteiger partial charge in [0, 0.05) is 9.86 Å². The zero-order valence-electron chi connectivity index (χ0n) is 16.4. The maximum Gasteiger partial charge on any atom is 0.357 e. The summed E-state index contributed by atoms with van der Waals surface area (Å²) in [5.41, 5.74) is 2.81. The Bertz CT molecular complexity index is 1080. The van der Waals surface area contributed by atoms with Gasteiger partial charge in [0.2, 0.25) is 0 Å². The quantitative estimate of drug-likeness (QED) is 0.500. The fourth-order valence-corrected chi connectivity index (χ4v) is 3.54. The molecule has 29 heavy (non-hydrogen) atoms. The van der Waals surface area contributed by atoms with E-state index < -0.39 is 11.9 Å². The average molecular weight is 457 g/mol. The standard InChI is InChI=1S/C22H21BrN2O4/c1-4-28-21(26)18-19(25-17-11-10-13(3)12-15(17)23)14-8-6-7-9-16(14)24-20(18)22(27)29-5-2/h6-12H,4-5H2,1-3H3,(H,24,25). The highest BCUT2D eigenvalue weighted by molar-refractivity contribution is 9.10. The van der Waals surface area contributed by atoms with E-state index in [2.05, 4.69) is 26.2 Å². The van der Waals surface area contributed by atoms with Crippen molar-refractivity contribution in [2.75, 3.05) is 18.5 Å². The number of ether oxygens (including phenoxy) is 2. The van der Waals surface area contributed by atoms with Crippen molar-refractivity contribution in [3.63, 3.8) is 0 Å². The van der Waals surface area contributed by atoms with Gasteiger partial charge >= 0.3 is 11.9 Å². The molecule has 1 aromatic heterocycles. The third-order valence-corrected chi connectivity index (χ3v) is 4.88. The minimum Gasteiger partial charge on any atom is -0.462 e. The second-order valence-electron chi connectivity index (χ2n) is 6.28. The molecule has 3 aromatic rings. The summed E-state index contributed by atoms with van der Waals surface area (Å²) >= 11 is 3.55. The van der Waals surface area contributed by atoms with Crippen LogP contribution < -0.4 is 5.32 Å². The van der Waals surface area contributed by atoms with E-state index in [1.165, 1.54) is 0 Å². The van der Waals surface area contributed by atoms with Crippen LogP contribution >= 0.6 is 15.9 Å². The van der Waals surface area contributed by atoms with E-state index in [1.54, 1.807) is 19.9 Å². The zero-order valence-corrected chi connectivity index (χ0v) is 18.0. The highest BCUT2D eigenvalue weighted by Gasteiger charge is 2.27. The van der Waals surface area contributed by atoms with Crippen LogP contribution in [0.15, 0.2) is 46.9 Å². The number of aryl methyl sites for hydroxylation is 1. The Hall–Kier alpha value is -2.93. The lowest BCUT2D eigenvalue weighted by atomic mass is 10.0. The Morgan fingerprint density at radius 2 is 1.72 bits per heavy atom. The lowest BCUT2D eigenvalue weighted by Gasteiger charge is -2.18. The van der Waals surface area contributed by atoms with Gasteiger partial charge in [-0.2, -0.15) is 0 Å². The Balaban J connectivity index is 2.29. The van der Waals surface area contributed by atoms with Gasteiger partial charge in [0.15, 0.2) is 5.69 Å². The number of anilines is 2. The van der Waals surface area contributed by atoms with Gasteiger partial charge in [-0.25, -0.2) is 14.6 Å². The minimum absolute atomic E-state index is 0.0523. The minimum atomic E-state index is -0.674. The SMILES string of the molecule is CCOC(=O)c1nc2ccccc2c(Nc2ccc(C)cc2Br)c1C(=O)OCC. The maximum absolute atomic E-state index is 12.8. The van der Waals surface area contributed by atoms with Crippen LogP contribution in [0.1, 0.15) is 40.3 Å². The molecule has 2 aromatic carbocycles. The van der Waals surface area contributed by atoms with Gasteiger partial charge in [-0.05, 0) is 60.5 Å². The van der Waals surface area contributed by atoms with Crippen molar-refractivity contribution in [1.82, 2.24) is 4.98 Å². The summed E-state index contributed by atoms with van der Waals surface area (Å²) in [5, 5.41) is 3.98. The molecule has 3 rings (SSSR count). The number of hydrogen-bond acceptors (Lipinski definition) is 6. The number of esters is 2. The van der Waals surface area contributed by atoms with Gasteiger partial charge in [-0.3, -0.25) is 0 Å². The molecule has 150 valence electrons. The monoisotopic (exact) mass is 456 g/mol. The number of aromatic nitrogens is 1. The van der Waals surface area contributed by atoms with E-state index in [0.717, 1.165) is 15.7 Å². The van der Waals surface area contributed by atoms with Crippen molar-refractivity contribution in [2.45, 2.75) is 20.8 Å². The van der Waals surface area contributed by atoms with Crippen molar-refractivity contribution in [2.24, 2.45) is 0 Å². The average Bonchev–Trinajstić information content (AvgIpc) is 2.69. The third kappa shape index (κ3) is 4.40. The van der Waals surface area contributed by atoms with Crippen LogP contribution in [0.25, 0.3) is 10.9 Å². The molecule has 0 atom stereocenters. The van der Waals surface area contributed by atoms with E-state index in [1.807, 2.05) is 43.3 Å². The Morgan fingerprint density at radius 3 is 2.41 bits per heavy atom. The largest absolute Gasteiger partial charge is 0.462 e. The summed E-state index contributed by atoms with van der Waals surface area (Å²) in [6, 6.07) is 13.1. The predicted octanol–water partition coefficient (Wildman–Crippen LogP) is 5.40. The number of rotatable bonds is 6. The highest BCUT2D eigenvalue weighted by atomic mass is 79.9. The van der Waals surface area contributed by atoms with E-state index in [0.29, 0.717) is 16.6 Å². The number of carbonyl (C=O) groups excluding carboxylic acids is 2. The van der Waals surface area contributed by atoms with E-state index in [9.17, 15) is 9.59 Å². The molecule has 0 fully saturated rings. The summed E-state index contributed by atoms with van der Waals surface area (Å²) in [6.45, 7) is 5.73. The van der Waals surface area contributed by atoms with Gasteiger partial charge in [-0.1, -0.05) is 24.3 Å². The van der Waals surface area contributed by atoms with Crippen LogP contribution in [0.5, 0.6) is 0 Å². The van der Waals surface area contributed by atoms with Gasteiger partial charge in [-0.15, -0.1) is 0 Å². The second-order valence-corrected chi connectivity index (χ2v) is 7.13. The van der Waals surface area contributed by atoms with Crippen LogP contribution in [0.2, 0.25) is 0 Å². The van der Waals surface area contributed by atoms with E-state index in [4.69, 9.17) is 9.47 Å². The van der Waals surface area contributed by atoms with Gasteiger partial charge in [0.05, 0.1) is 30.1 Å². The van der Waals surface area contributed by atoms with Crippen LogP contribution in [0.3, 0.4) is 0 Å². The molecule has 0 saturated heterocycles. The predicted molar refractivity (Wildman–Crippen MR) is 116 cm³/mol. The number of benzene rings is 2. The molecule has 0 unspecified atom stereocenters. The molecule has 7 heteroatoms. The fourth-order valence-electron chi connectivity index (χ4n) is 2.95. The first-order chi connectivity index (χ1) is 14.0. The molecule has 0 aliphatic heterocycles. The third-order valence-electron chi connectivity index (χ3n) is 4.23. The molecule has 0 saturated carbocycles. The topological polar surface area (TPSA) is 77.5 Å². The van der Waals surface area contributed by atoms with Gasteiger partial charge in [0.1, 0.15) is 5.56 Å². The van der Waals surface area contributed by atoms with E-state index in [-0.39, 0.29) is 24.5 Å².